The van der Waals surface area contributed by atoms with Crippen LogP contribution in [0, 0.1) is 0 Å². The Bertz CT molecular complexity index is 462. The van der Waals surface area contributed by atoms with Crippen molar-refractivity contribution in [3.8, 4) is 5.75 Å². The first-order chi connectivity index (χ1) is 7.83. The van der Waals surface area contributed by atoms with Gasteiger partial charge in [-0.1, -0.05) is 18.6 Å². The molecule has 3 nitrogen and oxygen atoms in total. The molecule has 4 N–H and O–H groups in total. The van der Waals surface area contributed by atoms with Crippen molar-refractivity contribution in [1.82, 2.24) is 4.98 Å². The van der Waals surface area contributed by atoms with Gasteiger partial charge in [-0.25, -0.2) is 0 Å². The minimum absolute atomic E-state index is 0.325. The van der Waals surface area contributed by atoms with Crippen molar-refractivity contribution < 1.29 is 5.11 Å². The maximum atomic E-state index is 9.65. The number of unbranched alkanes of at least 4 members (excludes halogenated alkanes) is 2. The first-order valence-electron chi connectivity index (χ1n) is 5.81. The molecule has 0 bridgehead atoms. The highest BCUT2D eigenvalue weighted by Crippen LogP contribution is 2.26. The summed E-state index contributed by atoms with van der Waals surface area (Å²) in [5.74, 6) is 0.325. The molecule has 0 saturated heterocycles. The Kier molecular flexibility index (Phi) is 3.47. The second kappa shape index (κ2) is 5.03. The van der Waals surface area contributed by atoms with Crippen LogP contribution in [-0.4, -0.2) is 16.6 Å². The molecule has 0 radical (unpaired) electrons. The molecule has 3 heteroatoms. The lowest BCUT2D eigenvalue weighted by Crippen LogP contribution is -1.98. The molecule has 0 spiro atoms. The van der Waals surface area contributed by atoms with E-state index in [1.807, 2.05) is 18.3 Å². The fraction of sp³-hybridized carbons (Fsp3) is 0.385. The van der Waals surface area contributed by atoms with Gasteiger partial charge in [0.15, 0.2) is 0 Å². The van der Waals surface area contributed by atoms with Crippen molar-refractivity contribution in [1.29, 1.82) is 0 Å². The van der Waals surface area contributed by atoms with Crippen LogP contribution in [0.1, 0.15) is 24.8 Å². The van der Waals surface area contributed by atoms with E-state index in [9.17, 15) is 5.11 Å². The molecule has 86 valence electrons. The number of nitrogens with two attached hydrogens (primary N) is 1. The topological polar surface area (TPSA) is 62.0 Å². The zero-order valence-electron chi connectivity index (χ0n) is 9.37. The van der Waals surface area contributed by atoms with Crippen molar-refractivity contribution in [2.75, 3.05) is 6.54 Å². The molecule has 0 saturated carbocycles. The van der Waals surface area contributed by atoms with Gasteiger partial charge < -0.3 is 15.8 Å². The van der Waals surface area contributed by atoms with Crippen LogP contribution in [0.4, 0.5) is 0 Å². The molecule has 0 aliphatic carbocycles. The number of phenols is 1. The summed E-state index contributed by atoms with van der Waals surface area (Å²) in [6, 6.07) is 5.63. The SMILES string of the molecule is NCCCCCc1c[nH]c2c(O)cccc12. The Morgan fingerprint density at radius 1 is 1.19 bits per heavy atom. The molecule has 16 heavy (non-hydrogen) atoms. The fourth-order valence-electron chi connectivity index (χ4n) is 2.04. The lowest BCUT2D eigenvalue weighted by atomic mass is 10.1. The Labute approximate surface area is 95.3 Å². The molecule has 1 heterocycles. The maximum Gasteiger partial charge on any atom is 0.139 e. The van der Waals surface area contributed by atoms with Gasteiger partial charge in [0.25, 0.3) is 0 Å². The van der Waals surface area contributed by atoms with Gasteiger partial charge in [0.1, 0.15) is 5.75 Å². The highest BCUT2D eigenvalue weighted by molar-refractivity contribution is 5.87. The second-order valence-corrected chi connectivity index (χ2v) is 4.11. The van der Waals surface area contributed by atoms with E-state index in [2.05, 4.69) is 4.98 Å². The van der Waals surface area contributed by atoms with E-state index in [4.69, 9.17) is 5.73 Å². The van der Waals surface area contributed by atoms with Gasteiger partial charge in [-0.05, 0) is 37.4 Å². The lowest BCUT2D eigenvalue weighted by Gasteiger charge is -1.99. The lowest BCUT2D eigenvalue weighted by molar-refractivity contribution is 0.480. The summed E-state index contributed by atoms with van der Waals surface area (Å²) in [5, 5.41) is 10.8. The van der Waals surface area contributed by atoms with E-state index in [0.29, 0.717) is 5.75 Å². The van der Waals surface area contributed by atoms with E-state index in [-0.39, 0.29) is 0 Å². The smallest absolute Gasteiger partial charge is 0.139 e. The second-order valence-electron chi connectivity index (χ2n) is 4.11. The first kappa shape index (κ1) is 11.0. The van der Waals surface area contributed by atoms with Crippen LogP contribution in [0.25, 0.3) is 10.9 Å². The largest absolute Gasteiger partial charge is 0.506 e. The van der Waals surface area contributed by atoms with Crippen LogP contribution >= 0.6 is 0 Å². The average molecular weight is 218 g/mol. The molecular formula is C13H18N2O. The fourth-order valence-corrected chi connectivity index (χ4v) is 2.04. The van der Waals surface area contributed by atoms with Crippen molar-refractivity contribution in [3.05, 3.63) is 30.0 Å². The summed E-state index contributed by atoms with van der Waals surface area (Å²) in [5.41, 5.74) is 7.58. The Morgan fingerprint density at radius 2 is 2.06 bits per heavy atom. The number of H-pyrrole nitrogens is 1. The number of nitrogens with one attached hydrogen (secondary N) is 1. The van der Waals surface area contributed by atoms with E-state index < -0.39 is 0 Å². The van der Waals surface area contributed by atoms with Crippen LogP contribution in [0.3, 0.4) is 0 Å². The normalized spacial score (nSPS) is 11.1. The van der Waals surface area contributed by atoms with Gasteiger partial charge in [0.05, 0.1) is 5.52 Å². The third kappa shape index (κ3) is 2.19. The highest BCUT2D eigenvalue weighted by atomic mass is 16.3. The minimum Gasteiger partial charge on any atom is -0.506 e. The number of para-hydroxylation sites is 1. The Balaban J connectivity index is 2.10. The summed E-state index contributed by atoms with van der Waals surface area (Å²) < 4.78 is 0. The Hall–Kier alpha value is -1.48. The number of benzene rings is 1. The Morgan fingerprint density at radius 3 is 2.88 bits per heavy atom. The highest BCUT2D eigenvalue weighted by Gasteiger charge is 2.05. The van der Waals surface area contributed by atoms with Crippen LogP contribution in [-0.2, 0) is 6.42 Å². The summed E-state index contributed by atoms with van der Waals surface area (Å²) in [7, 11) is 0. The van der Waals surface area contributed by atoms with Gasteiger partial charge >= 0.3 is 0 Å². The summed E-state index contributed by atoms with van der Waals surface area (Å²) in [6.45, 7) is 0.772. The third-order valence-corrected chi connectivity index (χ3v) is 2.93. The first-order valence-corrected chi connectivity index (χ1v) is 5.81. The molecule has 0 fully saturated rings. The predicted octanol–water partition coefficient (Wildman–Crippen LogP) is 2.54. The molecule has 2 aromatic rings. The molecule has 1 aromatic carbocycles. The number of aryl methyl sites for hydroxylation is 1. The number of hydrogen-bond acceptors (Lipinski definition) is 2. The number of aromatic amines is 1. The zero-order chi connectivity index (χ0) is 11.4. The molecule has 0 amide bonds. The molecular weight excluding hydrogens is 200 g/mol. The molecule has 2 rings (SSSR count). The minimum atomic E-state index is 0.325. The quantitative estimate of drug-likeness (QED) is 0.675. The molecule has 0 aliphatic heterocycles. The predicted molar refractivity (Wildman–Crippen MR) is 66.6 cm³/mol. The number of hydrogen-bond donors (Lipinski definition) is 3. The van der Waals surface area contributed by atoms with E-state index in [1.165, 1.54) is 12.0 Å². The number of phenolic OH excluding ortho intramolecular Hbond substituents is 1. The van der Waals surface area contributed by atoms with Crippen LogP contribution in [0.2, 0.25) is 0 Å². The number of fused-ring (bicyclic) bond motifs is 1. The average Bonchev–Trinajstić information content (AvgIpc) is 2.70. The van der Waals surface area contributed by atoms with Gasteiger partial charge in [-0.15, -0.1) is 0 Å². The van der Waals surface area contributed by atoms with E-state index >= 15 is 0 Å². The van der Waals surface area contributed by atoms with Crippen molar-refractivity contribution in [2.45, 2.75) is 25.7 Å². The summed E-state index contributed by atoms with van der Waals surface area (Å²) in [6.07, 6.45) is 6.45. The van der Waals surface area contributed by atoms with Gasteiger partial charge in [-0.3, -0.25) is 0 Å². The number of rotatable bonds is 5. The maximum absolute atomic E-state index is 9.65. The third-order valence-electron chi connectivity index (χ3n) is 2.93. The van der Waals surface area contributed by atoms with Gasteiger partial charge in [-0.2, -0.15) is 0 Å². The van der Waals surface area contributed by atoms with Crippen LogP contribution < -0.4 is 5.73 Å². The van der Waals surface area contributed by atoms with E-state index in [1.54, 1.807) is 6.07 Å². The molecule has 1 aromatic heterocycles. The number of aromatic nitrogens is 1. The molecule has 0 aliphatic rings. The number of aromatic hydroxyl groups is 1. The van der Waals surface area contributed by atoms with Crippen LogP contribution in [0.15, 0.2) is 24.4 Å². The van der Waals surface area contributed by atoms with Gasteiger partial charge in [0.2, 0.25) is 0 Å². The van der Waals surface area contributed by atoms with Crippen molar-refractivity contribution >= 4 is 10.9 Å². The summed E-state index contributed by atoms with van der Waals surface area (Å²) in [4.78, 5) is 3.12. The molecule has 0 atom stereocenters. The standard InChI is InChI=1S/C13H18N2O/c14-8-3-1-2-5-10-9-15-13-11(10)6-4-7-12(13)16/h4,6-7,9,15-16H,1-3,5,8,14H2. The molecule has 0 unspecified atom stereocenters. The van der Waals surface area contributed by atoms with E-state index in [0.717, 1.165) is 36.7 Å². The van der Waals surface area contributed by atoms with Crippen LogP contribution in [0.5, 0.6) is 5.75 Å². The zero-order valence-corrected chi connectivity index (χ0v) is 9.37. The van der Waals surface area contributed by atoms with Crippen molar-refractivity contribution in [2.24, 2.45) is 5.73 Å². The monoisotopic (exact) mass is 218 g/mol. The van der Waals surface area contributed by atoms with Gasteiger partial charge in [0, 0.05) is 11.6 Å². The summed E-state index contributed by atoms with van der Waals surface area (Å²) >= 11 is 0. The van der Waals surface area contributed by atoms with Crippen molar-refractivity contribution in [3.63, 3.8) is 0 Å².